The van der Waals surface area contributed by atoms with E-state index in [0.29, 0.717) is 43.1 Å². The first kappa shape index (κ1) is 23.6. The molecule has 1 fully saturated rings. The molecule has 1 aliphatic heterocycles. The molecular weight excluding hydrogens is 438 g/mol. The minimum absolute atomic E-state index is 0.161. The van der Waals surface area contributed by atoms with Crippen molar-refractivity contribution in [2.24, 2.45) is 5.92 Å². The van der Waals surface area contributed by atoms with Gasteiger partial charge in [-0.1, -0.05) is 29.8 Å². The molecule has 0 aromatic heterocycles. The highest BCUT2D eigenvalue weighted by Gasteiger charge is 2.28. The lowest BCUT2D eigenvalue weighted by atomic mass is 9.88. The number of carbonyl (C=O) groups excluding carboxylic acids is 2. The Balaban J connectivity index is 1.31. The van der Waals surface area contributed by atoms with Gasteiger partial charge in [0.2, 0.25) is 5.91 Å². The van der Waals surface area contributed by atoms with Crippen molar-refractivity contribution in [3.8, 4) is 11.5 Å². The number of nitrogens with one attached hydrogen (secondary N) is 1. The van der Waals surface area contributed by atoms with Crippen LogP contribution in [0.4, 0.5) is 14.5 Å². The minimum atomic E-state index is -0.709. The number of Topliss-reactive ketones (excluding diaryl/α,β-unsaturated/α-hetero) is 1. The van der Waals surface area contributed by atoms with Crippen LogP contribution in [0, 0.1) is 24.5 Å². The van der Waals surface area contributed by atoms with E-state index in [1.54, 1.807) is 12.1 Å². The molecule has 1 heterocycles. The third-order valence-electron chi connectivity index (χ3n) is 5.93. The predicted molar refractivity (Wildman–Crippen MR) is 126 cm³/mol. The van der Waals surface area contributed by atoms with Gasteiger partial charge in [0.25, 0.3) is 0 Å². The molecule has 0 spiro atoms. The van der Waals surface area contributed by atoms with Crippen molar-refractivity contribution < 1.29 is 23.1 Å². The number of ketones is 1. The molecule has 0 atom stereocenters. The predicted octanol–water partition coefficient (Wildman–Crippen LogP) is 5.60. The number of amides is 1. The molecule has 34 heavy (non-hydrogen) atoms. The molecule has 1 amide bonds. The first-order valence-electron chi connectivity index (χ1n) is 11.2. The zero-order valence-corrected chi connectivity index (χ0v) is 18.9. The van der Waals surface area contributed by atoms with Crippen molar-refractivity contribution in [1.82, 2.24) is 4.90 Å². The van der Waals surface area contributed by atoms with E-state index in [1.807, 2.05) is 48.2 Å². The van der Waals surface area contributed by atoms with Crippen LogP contribution in [0.3, 0.4) is 0 Å². The summed E-state index contributed by atoms with van der Waals surface area (Å²) in [5, 5.41) is 2.90. The summed E-state index contributed by atoms with van der Waals surface area (Å²) in [4.78, 5) is 27.3. The van der Waals surface area contributed by atoms with E-state index in [4.69, 9.17) is 4.74 Å². The molecule has 0 radical (unpaired) electrons. The van der Waals surface area contributed by atoms with Crippen molar-refractivity contribution >= 4 is 17.4 Å². The molecule has 3 aromatic rings. The molecule has 1 aliphatic rings. The lowest BCUT2D eigenvalue weighted by Crippen LogP contribution is -2.40. The molecule has 3 aromatic carbocycles. The van der Waals surface area contributed by atoms with Crippen LogP contribution >= 0.6 is 0 Å². The zero-order valence-electron chi connectivity index (χ0n) is 18.9. The quantitative estimate of drug-likeness (QED) is 0.463. The molecule has 1 saturated heterocycles. The second-order valence-corrected chi connectivity index (χ2v) is 8.50. The summed E-state index contributed by atoms with van der Waals surface area (Å²) in [5.41, 5.74) is 1.49. The maximum atomic E-state index is 14.0. The number of carbonyl (C=O) groups is 2. The summed E-state index contributed by atoms with van der Waals surface area (Å²) in [6.07, 6.45) is 0.963. The Morgan fingerprint density at radius 3 is 2.44 bits per heavy atom. The maximum absolute atomic E-state index is 14.0. The van der Waals surface area contributed by atoms with Gasteiger partial charge in [-0.2, -0.15) is 0 Å². The van der Waals surface area contributed by atoms with Crippen molar-refractivity contribution in [3.63, 3.8) is 0 Å². The molecule has 5 nitrogen and oxygen atoms in total. The van der Waals surface area contributed by atoms with E-state index in [2.05, 4.69) is 5.32 Å². The van der Waals surface area contributed by atoms with Crippen molar-refractivity contribution in [2.75, 3.05) is 25.0 Å². The van der Waals surface area contributed by atoms with Gasteiger partial charge in [-0.15, -0.1) is 0 Å². The van der Waals surface area contributed by atoms with Crippen LogP contribution in [-0.4, -0.2) is 36.2 Å². The Hall–Kier alpha value is -3.58. The number of halogens is 2. The van der Waals surface area contributed by atoms with Crippen LogP contribution in [0.25, 0.3) is 0 Å². The molecular formula is C27H26F2N2O3. The summed E-state index contributed by atoms with van der Waals surface area (Å²) in [7, 11) is 0. The second-order valence-electron chi connectivity index (χ2n) is 8.50. The summed E-state index contributed by atoms with van der Waals surface area (Å²) in [5.74, 6) is -1.09. The van der Waals surface area contributed by atoms with Gasteiger partial charge in [-0.25, -0.2) is 8.78 Å². The molecule has 0 saturated carbocycles. The van der Waals surface area contributed by atoms with Crippen LogP contribution in [0.15, 0.2) is 66.7 Å². The second kappa shape index (κ2) is 10.6. The van der Waals surface area contributed by atoms with Crippen LogP contribution in [0.1, 0.15) is 28.8 Å². The molecule has 7 heteroatoms. The Morgan fingerprint density at radius 2 is 1.71 bits per heavy atom. The maximum Gasteiger partial charge on any atom is 0.238 e. The van der Waals surface area contributed by atoms with Crippen LogP contribution < -0.4 is 10.1 Å². The average molecular weight is 465 g/mol. The highest BCUT2D eigenvalue weighted by atomic mass is 19.1. The van der Waals surface area contributed by atoms with Gasteiger partial charge in [0, 0.05) is 5.92 Å². The molecule has 0 unspecified atom stereocenters. The van der Waals surface area contributed by atoms with Gasteiger partial charge >= 0.3 is 0 Å². The van der Waals surface area contributed by atoms with Crippen LogP contribution in [0.5, 0.6) is 11.5 Å². The zero-order chi connectivity index (χ0) is 24.1. The number of nitrogens with zero attached hydrogens (tertiary/aromatic N) is 1. The van der Waals surface area contributed by atoms with Crippen LogP contribution in [0.2, 0.25) is 0 Å². The number of piperidine rings is 1. The summed E-state index contributed by atoms with van der Waals surface area (Å²) >= 11 is 0. The van der Waals surface area contributed by atoms with Gasteiger partial charge in [0.05, 0.1) is 17.8 Å². The van der Waals surface area contributed by atoms with Gasteiger partial charge in [-0.3, -0.25) is 14.5 Å². The standard InChI is InChI=1S/C27H26F2N2O3/c1-18-6-9-21(10-7-18)34-25-5-3-2-4-24(25)30-26(32)17-31-14-12-19(13-15-31)27(33)22-16-20(28)8-11-23(22)29/h2-11,16,19H,12-15,17H2,1H3,(H,30,32). The highest BCUT2D eigenvalue weighted by Crippen LogP contribution is 2.30. The Kier molecular flexibility index (Phi) is 7.33. The molecule has 4 rings (SSSR count). The van der Waals surface area contributed by atoms with Crippen molar-refractivity contribution in [1.29, 1.82) is 0 Å². The van der Waals surface area contributed by atoms with Crippen molar-refractivity contribution in [2.45, 2.75) is 19.8 Å². The van der Waals surface area contributed by atoms with E-state index in [9.17, 15) is 18.4 Å². The Morgan fingerprint density at radius 1 is 1.00 bits per heavy atom. The topological polar surface area (TPSA) is 58.6 Å². The van der Waals surface area contributed by atoms with Crippen molar-refractivity contribution in [3.05, 3.63) is 89.5 Å². The number of hydrogen-bond donors (Lipinski definition) is 1. The summed E-state index contributed by atoms with van der Waals surface area (Å²) in [6.45, 7) is 3.19. The Labute approximate surface area is 197 Å². The first-order chi connectivity index (χ1) is 16.4. The number of anilines is 1. The first-order valence-corrected chi connectivity index (χ1v) is 11.2. The van der Waals surface area contributed by atoms with Gasteiger partial charge in [-0.05, 0) is 75.3 Å². The molecule has 176 valence electrons. The normalized spacial score (nSPS) is 14.6. The minimum Gasteiger partial charge on any atom is -0.455 e. The summed E-state index contributed by atoms with van der Waals surface area (Å²) in [6, 6.07) is 17.8. The number of rotatable bonds is 7. The highest BCUT2D eigenvalue weighted by molar-refractivity contribution is 5.98. The fraction of sp³-hybridized carbons (Fsp3) is 0.259. The lowest BCUT2D eigenvalue weighted by molar-refractivity contribution is -0.117. The van der Waals surface area contributed by atoms with E-state index in [0.717, 1.165) is 23.8 Å². The largest absolute Gasteiger partial charge is 0.455 e. The number of aryl methyl sites for hydroxylation is 1. The van der Waals surface area contributed by atoms with E-state index in [-0.39, 0.29) is 29.7 Å². The van der Waals surface area contributed by atoms with Gasteiger partial charge in [0.1, 0.15) is 17.4 Å². The van der Waals surface area contributed by atoms with Gasteiger partial charge in [0.15, 0.2) is 11.5 Å². The number of hydrogen-bond acceptors (Lipinski definition) is 4. The lowest BCUT2D eigenvalue weighted by Gasteiger charge is -2.30. The SMILES string of the molecule is Cc1ccc(Oc2ccccc2NC(=O)CN2CCC(C(=O)c3cc(F)ccc3F)CC2)cc1. The van der Waals surface area contributed by atoms with E-state index >= 15 is 0 Å². The number of ether oxygens (including phenoxy) is 1. The third-order valence-corrected chi connectivity index (χ3v) is 5.93. The average Bonchev–Trinajstić information content (AvgIpc) is 2.83. The Bertz CT molecular complexity index is 1170. The summed E-state index contributed by atoms with van der Waals surface area (Å²) < 4.78 is 33.3. The van der Waals surface area contributed by atoms with E-state index < -0.39 is 11.6 Å². The molecule has 0 bridgehead atoms. The monoisotopic (exact) mass is 464 g/mol. The molecule has 1 N–H and O–H groups in total. The fourth-order valence-corrected chi connectivity index (χ4v) is 4.04. The van der Waals surface area contributed by atoms with Gasteiger partial charge < -0.3 is 10.1 Å². The fourth-order valence-electron chi connectivity index (χ4n) is 4.04. The third kappa shape index (κ3) is 5.85. The number of benzene rings is 3. The number of para-hydroxylation sites is 2. The van der Waals surface area contributed by atoms with E-state index in [1.165, 1.54) is 0 Å². The molecule has 0 aliphatic carbocycles. The van der Waals surface area contributed by atoms with Crippen LogP contribution in [-0.2, 0) is 4.79 Å². The smallest absolute Gasteiger partial charge is 0.238 e. The number of likely N-dealkylation sites (tertiary alicyclic amines) is 1.